The molecular formula is C27H36N8O. The molecule has 1 aromatic heterocycles. The summed E-state index contributed by atoms with van der Waals surface area (Å²) in [5.74, 6) is 0.884. The van der Waals surface area contributed by atoms with Gasteiger partial charge in [0.15, 0.2) is 5.96 Å². The summed E-state index contributed by atoms with van der Waals surface area (Å²) in [7, 11) is 3.80. The Morgan fingerprint density at radius 1 is 1.11 bits per heavy atom. The number of aryl methyl sites for hydroxylation is 1. The van der Waals surface area contributed by atoms with Gasteiger partial charge in [-0.25, -0.2) is 9.98 Å². The Hall–Kier alpha value is -3.72. The predicted octanol–water partition coefficient (Wildman–Crippen LogP) is 3.05. The van der Waals surface area contributed by atoms with Gasteiger partial charge in [0.2, 0.25) is 11.9 Å². The number of nitrogens with two attached hydrogens (primary N) is 2. The fourth-order valence-electron chi connectivity index (χ4n) is 4.75. The maximum Gasteiger partial charge on any atom is 0.244 e. The molecule has 0 saturated heterocycles. The van der Waals surface area contributed by atoms with Gasteiger partial charge in [-0.1, -0.05) is 54.8 Å². The number of anilines is 2. The average Bonchev–Trinajstić information content (AvgIpc) is 2.84. The van der Waals surface area contributed by atoms with Crippen molar-refractivity contribution in [3.63, 3.8) is 0 Å². The number of nitrogens with one attached hydrogen (secondary N) is 2. The smallest absolute Gasteiger partial charge is 0.244 e. The lowest BCUT2D eigenvalue weighted by Crippen LogP contribution is -2.41. The van der Waals surface area contributed by atoms with Crippen molar-refractivity contribution in [3.05, 3.63) is 59.7 Å². The summed E-state index contributed by atoms with van der Waals surface area (Å²) in [6, 6.07) is 15.6. The number of fused-ring (bicyclic) bond motifs is 1. The van der Waals surface area contributed by atoms with Crippen molar-refractivity contribution >= 4 is 34.5 Å². The quantitative estimate of drug-likeness (QED) is 0.283. The van der Waals surface area contributed by atoms with E-state index in [9.17, 15) is 4.79 Å². The van der Waals surface area contributed by atoms with E-state index in [1.165, 1.54) is 0 Å². The first-order valence-corrected chi connectivity index (χ1v) is 12.4. The minimum atomic E-state index is -0.370. The van der Waals surface area contributed by atoms with Crippen LogP contribution in [0, 0.1) is 6.92 Å². The molecule has 190 valence electrons. The van der Waals surface area contributed by atoms with Crippen LogP contribution in [-0.2, 0) is 11.2 Å². The molecule has 2 unspecified atom stereocenters. The maximum absolute atomic E-state index is 13.3. The number of aromatic nitrogens is 2. The SMILES string of the molecule is Cc1ccc2nc(NC(=O)[C@H](Cc3ccccc3)N(C)C)nc(NC3CCCCC3N=C(N)N)c2c1. The highest BCUT2D eigenvalue weighted by molar-refractivity contribution is 5.96. The second-order valence-corrected chi connectivity index (χ2v) is 9.73. The number of guanidine groups is 1. The minimum Gasteiger partial charge on any atom is -0.370 e. The lowest BCUT2D eigenvalue weighted by molar-refractivity contribution is -0.120. The van der Waals surface area contributed by atoms with Crippen molar-refractivity contribution in [2.45, 2.75) is 57.2 Å². The number of amides is 1. The summed E-state index contributed by atoms with van der Waals surface area (Å²) in [5, 5.41) is 7.44. The van der Waals surface area contributed by atoms with Gasteiger partial charge >= 0.3 is 0 Å². The monoisotopic (exact) mass is 488 g/mol. The first-order chi connectivity index (χ1) is 17.3. The summed E-state index contributed by atoms with van der Waals surface area (Å²) in [6.07, 6.45) is 4.59. The fourth-order valence-corrected chi connectivity index (χ4v) is 4.75. The van der Waals surface area contributed by atoms with E-state index >= 15 is 0 Å². The summed E-state index contributed by atoms with van der Waals surface area (Å²) >= 11 is 0. The standard InChI is InChI=1S/C27H36N8O/c1-17-13-14-20-19(15-17)24(30-21-11-7-8-12-22(21)31-26(28)29)33-27(32-20)34-25(36)23(35(2)3)16-18-9-5-4-6-10-18/h4-6,9-10,13-15,21-23H,7-8,11-12,16H2,1-3H3,(H4,28,29,31)(H2,30,32,33,34,36)/t21?,22?,23-/m0/s1. The fraction of sp³-hybridized carbons (Fsp3) is 0.407. The second kappa shape index (κ2) is 11.3. The molecule has 3 aromatic rings. The van der Waals surface area contributed by atoms with Gasteiger partial charge in [-0.05, 0) is 58.0 Å². The molecular weight excluding hydrogens is 452 g/mol. The lowest BCUT2D eigenvalue weighted by Gasteiger charge is -2.30. The number of hydrogen-bond acceptors (Lipinski definition) is 6. The maximum atomic E-state index is 13.3. The lowest BCUT2D eigenvalue weighted by atomic mass is 9.90. The average molecular weight is 489 g/mol. The van der Waals surface area contributed by atoms with Gasteiger partial charge in [0, 0.05) is 5.39 Å². The van der Waals surface area contributed by atoms with Crippen molar-refractivity contribution in [1.82, 2.24) is 14.9 Å². The zero-order valence-electron chi connectivity index (χ0n) is 21.2. The molecule has 0 aliphatic heterocycles. The molecule has 1 aliphatic rings. The first-order valence-electron chi connectivity index (χ1n) is 12.4. The van der Waals surface area contributed by atoms with Gasteiger partial charge in [-0.3, -0.25) is 15.0 Å². The number of carbonyl (C=O) groups is 1. The van der Waals surface area contributed by atoms with E-state index in [0.717, 1.165) is 47.7 Å². The molecule has 6 N–H and O–H groups in total. The largest absolute Gasteiger partial charge is 0.370 e. The van der Waals surface area contributed by atoms with Crippen molar-refractivity contribution in [3.8, 4) is 0 Å². The molecule has 1 aliphatic carbocycles. The van der Waals surface area contributed by atoms with E-state index in [2.05, 4.69) is 26.7 Å². The third-order valence-electron chi connectivity index (χ3n) is 6.65. The van der Waals surface area contributed by atoms with Crippen molar-refractivity contribution in [2.24, 2.45) is 16.5 Å². The highest BCUT2D eigenvalue weighted by Crippen LogP contribution is 2.29. The number of benzene rings is 2. The summed E-state index contributed by atoms with van der Waals surface area (Å²) in [4.78, 5) is 29.1. The van der Waals surface area contributed by atoms with E-state index in [1.54, 1.807) is 0 Å². The Morgan fingerprint density at radius 2 is 1.86 bits per heavy atom. The Balaban J connectivity index is 1.63. The third-order valence-corrected chi connectivity index (χ3v) is 6.65. The highest BCUT2D eigenvalue weighted by Gasteiger charge is 2.27. The van der Waals surface area contributed by atoms with E-state index in [-0.39, 0.29) is 35.9 Å². The number of hydrogen-bond donors (Lipinski definition) is 4. The molecule has 1 fully saturated rings. The second-order valence-electron chi connectivity index (χ2n) is 9.73. The Bertz CT molecular complexity index is 1220. The molecule has 0 bridgehead atoms. The zero-order valence-corrected chi connectivity index (χ0v) is 21.2. The molecule has 4 rings (SSSR count). The van der Waals surface area contributed by atoms with Gasteiger partial charge in [-0.2, -0.15) is 4.98 Å². The minimum absolute atomic E-state index is 0.0272. The Labute approximate surface area is 212 Å². The van der Waals surface area contributed by atoms with Crippen LogP contribution in [0.4, 0.5) is 11.8 Å². The van der Waals surface area contributed by atoms with Crippen LogP contribution < -0.4 is 22.1 Å². The van der Waals surface area contributed by atoms with Crippen LogP contribution in [0.25, 0.3) is 10.9 Å². The van der Waals surface area contributed by atoms with Crippen molar-refractivity contribution in [1.29, 1.82) is 0 Å². The molecule has 0 spiro atoms. The molecule has 2 aromatic carbocycles. The van der Waals surface area contributed by atoms with Crippen LogP contribution >= 0.6 is 0 Å². The zero-order chi connectivity index (χ0) is 25.7. The van der Waals surface area contributed by atoms with Gasteiger partial charge in [-0.15, -0.1) is 0 Å². The number of likely N-dealkylation sites (N-methyl/N-ethyl adjacent to an activating group) is 1. The molecule has 9 nitrogen and oxygen atoms in total. The van der Waals surface area contributed by atoms with Crippen molar-refractivity contribution in [2.75, 3.05) is 24.7 Å². The number of rotatable bonds is 8. The van der Waals surface area contributed by atoms with Crippen molar-refractivity contribution < 1.29 is 4.79 Å². The summed E-state index contributed by atoms with van der Waals surface area (Å²) < 4.78 is 0. The van der Waals surface area contributed by atoms with Gasteiger partial charge < -0.3 is 16.8 Å². The summed E-state index contributed by atoms with van der Waals surface area (Å²) in [5.41, 5.74) is 14.3. The van der Waals surface area contributed by atoms with E-state index < -0.39 is 0 Å². The molecule has 1 amide bonds. The third kappa shape index (κ3) is 6.28. The van der Waals surface area contributed by atoms with Gasteiger partial charge in [0.05, 0.1) is 23.6 Å². The van der Waals surface area contributed by atoms with Crippen LogP contribution in [-0.4, -0.2) is 59.0 Å². The predicted molar refractivity (Wildman–Crippen MR) is 146 cm³/mol. The molecule has 9 heteroatoms. The molecule has 1 saturated carbocycles. The van der Waals surface area contributed by atoms with Crippen LogP contribution in [0.5, 0.6) is 0 Å². The topological polar surface area (TPSA) is 135 Å². The molecule has 36 heavy (non-hydrogen) atoms. The van der Waals surface area contributed by atoms with Crippen LogP contribution in [0.3, 0.4) is 0 Å². The van der Waals surface area contributed by atoms with Crippen LogP contribution in [0.1, 0.15) is 36.8 Å². The number of carbonyl (C=O) groups excluding carboxylic acids is 1. The molecule has 0 radical (unpaired) electrons. The molecule has 1 heterocycles. The normalized spacial score (nSPS) is 18.6. The van der Waals surface area contributed by atoms with Gasteiger partial charge in [0.1, 0.15) is 5.82 Å². The van der Waals surface area contributed by atoms with E-state index in [1.807, 2.05) is 68.4 Å². The van der Waals surface area contributed by atoms with Crippen LogP contribution in [0.2, 0.25) is 0 Å². The Kier molecular flexibility index (Phi) is 8.00. The highest BCUT2D eigenvalue weighted by atomic mass is 16.2. The summed E-state index contributed by atoms with van der Waals surface area (Å²) in [6.45, 7) is 2.03. The first kappa shape index (κ1) is 25.4. The van der Waals surface area contributed by atoms with Crippen LogP contribution in [0.15, 0.2) is 53.5 Å². The number of nitrogens with zero attached hydrogens (tertiary/aromatic N) is 4. The van der Waals surface area contributed by atoms with E-state index in [4.69, 9.17) is 16.5 Å². The Morgan fingerprint density at radius 3 is 2.58 bits per heavy atom. The number of aliphatic imine (C=N–C) groups is 1. The van der Waals surface area contributed by atoms with E-state index in [0.29, 0.717) is 12.2 Å². The molecule has 3 atom stereocenters. The van der Waals surface area contributed by atoms with Gasteiger partial charge in [0.25, 0.3) is 0 Å².